The van der Waals surface area contributed by atoms with Crippen molar-refractivity contribution in [2.75, 3.05) is 0 Å². The molecule has 1 aliphatic rings. The summed E-state index contributed by atoms with van der Waals surface area (Å²) in [7, 11) is 0. The first-order valence-electron chi connectivity index (χ1n) is 5.05. The SMILES string of the molecule is CC[C@H]1CCc2sc(C(=O)O)cc2C1. The van der Waals surface area contributed by atoms with Gasteiger partial charge in [0, 0.05) is 4.88 Å². The summed E-state index contributed by atoms with van der Waals surface area (Å²) in [5, 5.41) is 8.87. The zero-order valence-corrected chi connectivity index (χ0v) is 9.06. The molecular weight excluding hydrogens is 196 g/mol. The van der Waals surface area contributed by atoms with E-state index in [1.165, 1.54) is 34.6 Å². The lowest BCUT2D eigenvalue weighted by atomic mass is 9.87. The zero-order chi connectivity index (χ0) is 10.1. The van der Waals surface area contributed by atoms with Crippen LogP contribution in [0.15, 0.2) is 6.07 Å². The third-order valence-corrected chi connectivity index (χ3v) is 4.20. The molecule has 0 fully saturated rings. The number of carbonyl (C=O) groups is 1. The Balaban J connectivity index is 2.25. The smallest absolute Gasteiger partial charge is 0.345 e. The van der Waals surface area contributed by atoms with Crippen molar-refractivity contribution >= 4 is 17.3 Å². The second-order valence-electron chi connectivity index (χ2n) is 3.88. The minimum absolute atomic E-state index is 0.506. The average molecular weight is 210 g/mol. The molecule has 0 radical (unpaired) electrons. The van der Waals surface area contributed by atoms with Crippen LogP contribution in [0, 0.1) is 5.92 Å². The van der Waals surface area contributed by atoms with E-state index in [2.05, 4.69) is 6.92 Å². The van der Waals surface area contributed by atoms with Gasteiger partial charge in [-0.05, 0) is 36.8 Å². The van der Waals surface area contributed by atoms with Gasteiger partial charge < -0.3 is 5.11 Å². The molecule has 0 spiro atoms. The number of rotatable bonds is 2. The van der Waals surface area contributed by atoms with E-state index < -0.39 is 5.97 Å². The highest BCUT2D eigenvalue weighted by atomic mass is 32.1. The van der Waals surface area contributed by atoms with Crippen LogP contribution >= 0.6 is 11.3 Å². The molecule has 1 atom stereocenters. The fraction of sp³-hybridized carbons (Fsp3) is 0.545. The lowest BCUT2D eigenvalue weighted by molar-refractivity contribution is 0.0702. The van der Waals surface area contributed by atoms with Gasteiger partial charge in [0.15, 0.2) is 0 Å². The van der Waals surface area contributed by atoms with E-state index in [4.69, 9.17) is 5.11 Å². The molecule has 3 heteroatoms. The maximum Gasteiger partial charge on any atom is 0.345 e. The molecule has 76 valence electrons. The number of hydrogen-bond acceptors (Lipinski definition) is 2. The highest BCUT2D eigenvalue weighted by Crippen LogP contribution is 2.33. The molecule has 0 unspecified atom stereocenters. The monoisotopic (exact) mass is 210 g/mol. The summed E-state index contributed by atoms with van der Waals surface area (Å²) in [6.07, 6.45) is 4.59. The summed E-state index contributed by atoms with van der Waals surface area (Å²) < 4.78 is 0. The number of aromatic carboxylic acids is 1. The third-order valence-electron chi connectivity index (χ3n) is 2.97. The van der Waals surface area contributed by atoms with Crippen molar-refractivity contribution in [1.82, 2.24) is 0 Å². The molecule has 0 amide bonds. The van der Waals surface area contributed by atoms with Crippen LogP contribution in [-0.4, -0.2) is 11.1 Å². The molecule has 0 saturated heterocycles. The van der Waals surface area contributed by atoms with E-state index >= 15 is 0 Å². The normalized spacial score (nSPS) is 20.5. The molecule has 0 aromatic carbocycles. The van der Waals surface area contributed by atoms with Crippen LogP contribution in [-0.2, 0) is 12.8 Å². The molecule has 14 heavy (non-hydrogen) atoms. The summed E-state index contributed by atoms with van der Waals surface area (Å²) in [5.74, 6) is -0.0174. The lowest BCUT2D eigenvalue weighted by Crippen LogP contribution is -2.10. The molecule has 2 rings (SSSR count). The van der Waals surface area contributed by atoms with Crippen molar-refractivity contribution in [3.05, 3.63) is 21.4 Å². The molecule has 2 nitrogen and oxygen atoms in total. The first-order chi connectivity index (χ1) is 6.70. The van der Waals surface area contributed by atoms with Crippen LogP contribution in [0.3, 0.4) is 0 Å². The molecule has 1 aromatic heterocycles. The molecule has 0 bridgehead atoms. The van der Waals surface area contributed by atoms with Crippen LogP contribution in [0.2, 0.25) is 0 Å². The van der Waals surface area contributed by atoms with Gasteiger partial charge in [-0.1, -0.05) is 13.3 Å². The van der Waals surface area contributed by atoms with Crippen molar-refractivity contribution < 1.29 is 9.90 Å². The highest BCUT2D eigenvalue weighted by Gasteiger charge is 2.21. The first kappa shape index (κ1) is 9.71. The Morgan fingerprint density at radius 2 is 2.50 bits per heavy atom. The Hall–Kier alpha value is -0.830. The van der Waals surface area contributed by atoms with Crippen LogP contribution in [0.4, 0.5) is 0 Å². The van der Waals surface area contributed by atoms with E-state index in [0.29, 0.717) is 4.88 Å². The predicted molar refractivity (Wildman–Crippen MR) is 57.1 cm³/mol. The number of carboxylic acids is 1. The van der Waals surface area contributed by atoms with Gasteiger partial charge in [0.1, 0.15) is 4.88 Å². The van der Waals surface area contributed by atoms with Gasteiger partial charge in [-0.15, -0.1) is 11.3 Å². The minimum atomic E-state index is -0.780. The summed E-state index contributed by atoms with van der Waals surface area (Å²) in [6, 6.07) is 1.87. The van der Waals surface area contributed by atoms with Gasteiger partial charge in [0.2, 0.25) is 0 Å². The number of hydrogen-bond donors (Lipinski definition) is 1. The standard InChI is InChI=1S/C11H14O2S/c1-2-7-3-4-9-8(5-7)6-10(14-9)11(12)13/h6-7H,2-5H2,1H3,(H,12,13)/t7-/m0/s1. The van der Waals surface area contributed by atoms with Crippen LogP contribution in [0.1, 0.15) is 39.9 Å². The fourth-order valence-corrected chi connectivity index (χ4v) is 3.10. The quantitative estimate of drug-likeness (QED) is 0.814. The molecule has 1 heterocycles. The second-order valence-corrected chi connectivity index (χ2v) is 5.02. The fourth-order valence-electron chi connectivity index (χ4n) is 2.05. The molecule has 1 aromatic rings. The largest absolute Gasteiger partial charge is 0.477 e. The van der Waals surface area contributed by atoms with Gasteiger partial charge >= 0.3 is 5.97 Å². The Kier molecular flexibility index (Phi) is 2.59. The maximum atomic E-state index is 10.8. The van der Waals surface area contributed by atoms with Crippen LogP contribution < -0.4 is 0 Å². The Bertz CT molecular complexity index is 354. The number of fused-ring (bicyclic) bond motifs is 1. The third kappa shape index (κ3) is 1.69. The number of carboxylic acid groups (broad SMARTS) is 1. The van der Waals surface area contributed by atoms with Crippen LogP contribution in [0.5, 0.6) is 0 Å². The Morgan fingerprint density at radius 3 is 3.14 bits per heavy atom. The summed E-state index contributed by atoms with van der Waals surface area (Å²) in [6.45, 7) is 2.21. The number of aryl methyl sites for hydroxylation is 1. The zero-order valence-electron chi connectivity index (χ0n) is 8.25. The second kappa shape index (κ2) is 3.73. The minimum Gasteiger partial charge on any atom is -0.477 e. The summed E-state index contributed by atoms with van der Waals surface area (Å²) in [4.78, 5) is 12.6. The van der Waals surface area contributed by atoms with Gasteiger partial charge in [0.05, 0.1) is 0 Å². The van der Waals surface area contributed by atoms with Gasteiger partial charge in [-0.3, -0.25) is 0 Å². The van der Waals surface area contributed by atoms with E-state index in [0.717, 1.165) is 18.8 Å². The van der Waals surface area contributed by atoms with Gasteiger partial charge in [0.25, 0.3) is 0 Å². The van der Waals surface area contributed by atoms with Crippen molar-refractivity contribution in [2.45, 2.75) is 32.6 Å². The predicted octanol–water partition coefficient (Wildman–Crippen LogP) is 2.96. The van der Waals surface area contributed by atoms with Crippen molar-refractivity contribution in [1.29, 1.82) is 0 Å². The Morgan fingerprint density at radius 1 is 1.71 bits per heavy atom. The summed E-state index contributed by atoms with van der Waals surface area (Å²) >= 11 is 1.46. The van der Waals surface area contributed by atoms with Gasteiger partial charge in [-0.2, -0.15) is 0 Å². The van der Waals surface area contributed by atoms with E-state index in [9.17, 15) is 4.79 Å². The molecular formula is C11H14O2S. The molecule has 0 aliphatic heterocycles. The van der Waals surface area contributed by atoms with Crippen molar-refractivity contribution in [2.24, 2.45) is 5.92 Å². The van der Waals surface area contributed by atoms with Crippen molar-refractivity contribution in [3.8, 4) is 0 Å². The van der Waals surface area contributed by atoms with Crippen molar-refractivity contribution in [3.63, 3.8) is 0 Å². The van der Waals surface area contributed by atoms with E-state index in [1.807, 2.05) is 6.07 Å². The van der Waals surface area contributed by atoms with Gasteiger partial charge in [-0.25, -0.2) is 4.79 Å². The Labute approximate surface area is 87.6 Å². The summed E-state index contributed by atoms with van der Waals surface area (Å²) in [5.41, 5.74) is 1.28. The molecule has 1 N–H and O–H groups in total. The lowest BCUT2D eigenvalue weighted by Gasteiger charge is -2.19. The van der Waals surface area contributed by atoms with E-state index in [1.54, 1.807) is 0 Å². The molecule has 1 aliphatic carbocycles. The maximum absolute atomic E-state index is 10.8. The topological polar surface area (TPSA) is 37.3 Å². The van der Waals surface area contributed by atoms with E-state index in [-0.39, 0.29) is 0 Å². The first-order valence-corrected chi connectivity index (χ1v) is 5.87. The number of thiophene rings is 1. The average Bonchev–Trinajstić information content (AvgIpc) is 2.59. The molecule has 0 saturated carbocycles. The van der Waals surface area contributed by atoms with Crippen LogP contribution in [0.25, 0.3) is 0 Å². The highest BCUT2D eigenvalue weighted by molar-refractivity contribution is 7.14.